The summed E-state index contributed by atoms with van der Waals surface area (Å²) in [7, 11) is 0. The fraction of sp³-hybridized carbons (Fsp3) is 0. The Labute approximate surface area is 94.6 Å². The highest BCUT2D eigenvalue weighted by Crippen LogP contribution is 2.22. The van der Waals surface area contributed by atoms with Crippen molar-refractivity contribution in [1.29, 1.82) is 0 Å². The molecule has 0 aliphatic rings. The molecule has 0 aliphatic heterocycles. The van der Waals surface area contributed by atoms with Gasteiger partial charge in [-0.25, -0.2) is 5.10 Å². The maximum atomic E-state index is 11.0. The lowest BCUT2D eigenvalue weighted by atomic mass is 10.1. The minimum absolute atomic E-state index is 0.138. The van der Waals surface area contributed by atoms with Crippen LogP contribution in [0.2, 0.25) is 0 Å². The predicted octanol–water partition coefficient (Wildman–Crippen LogP) is 2.05. The molecule has 0 spiro atoms. The summed E-state index contributed by atoms with van der Waals surface area (Å²) < 4.78 is 0. The smallest absolute Gasteiger partial charge is 0.256 e. The van der Waals surface area contributed by atoms with E-state index in [2.05, 4.69) is 15.2 Å². The van der Waals surface area contributed by atoms with Crippen LogP contribution in [0.15, 0.2) is 41.3 Å². The van der Waals surface area contributed by atoms with Crippen LogP contribution in [-0.4, -0.2) is 15.2 Å². The molecule has 2 aromatic heterocycles. The molecule has 4 nitrogen and oxygen atoms in total. The van der Waals surface area contributed by atoms with E-state index in [1.807, 2.05) is 30.3 Å². The Balaban J connectivity index is 2.22. The third-order valence-corrected chi connectivity index (χ3v) is 3.09. The molecule has 3 rings (SSSR count). The molecule has 0 atom stereocenters. The molecule has 5 heteroatoms. The molecule has 0 saturated heterocycles. The van der Waals surface area contributed by atoms with E-state index in [1.54, 1.807) is 6.20 Å². The Morgan fingerprint density at radius 3 is 3.00 bits per heavy atom. The van der Waals surface area contributed by atoms with Crippen LogP contribution in [-0.2, 0) is 0 Å². The molecule has 0 aliphatic carbocycles. The Morgan fingerprint density at radius 1 is 1.25 bits per heavy atom. The van der Waals surface area contributed by atoms with Gasteiger partial charge in [0.2, 0.25) is 0 Å². The number of pyridine rings is 1. The van der Waals surface area contributed by atoms with E-state index in [0.29, 0.717) is 5.01 Å². The summed E-state index contributed by atoms with van der Waals surface area (Å²) in [5.41, 5.74) is 1.87. The first kappa shape index (κ1) is 9.23. The first-order valence-corrected chi connectivity index (χ1v) is 5.55. The molecule has 0 unspecified atom stereocenters. The van der Waals surface area contributed by atoms with E-state index < -0.39 is 0 Å². The average Bonchev–Trinajstić information content (AvgIpc) is 2.75. The number of nitrogens with one attached hydrogen (secondary N) is 1. The molecule has 0 amide bonds. The minimum Gasteiger partial charge on any atom is -0.256 e. The number of aromatic nitrogens is 3. The monoisotopic (exact) mass is 229 g/mol. The van der Waals surface area contributed by atoms with Crippen molar-refractivity contribution in [2.75, 3.05) is 0 Å². The van der Waals surface area contributed by atoms with Gasteiger partial charge in [0.1, 0.15) is 5.01 Å². The molecule has 3 aromatic rings. The van der Waals surface area contributed by atoms with Crippen LogP contribution in [0, 0.1) is 0 Å². The normalized spacial score (nSPS) is 10.8. The van der Waals surface area contributed by atoms with Crippen LogP contribution in [0.25, 0.3) is 21.5 Å². The topological polar surface area (TPSA) is 58.6 Å². The third kappa shape index (κ3) is 1.51. The summed E-state index contributed by atoms with van der Waals surface area (Å²) in [6.45, 7) is 0. The summed E-state index contributed by atoms with van der Waals surface area (Å²) in [5, 5.41) is 8.11. The molecule has 0 fully saturated rings. The van der Waals surface area contributed by atoms with Crippen LogP contribution in [0.4, 0.5) is 0 Å². The zero-order valence-corrected chi connectivity index (χ0v) is 8.99. The minimum atomic E-state index is -0.138. The Hall–Kier alpha value is -2.01. The van der Waals surface area contributed by atoms with E-state index in [1.165, 1.54) is 0 Å². The highest BCUT2D eigenvalue weighted by Gasteiger charge is 2.04. The van der Waals surface area contributed by atoms with Gasteiger partial charge in [-0.15, -0.1) is 0 Å². The molecule has 0 bridgehead atoms. The van der Waals surface area contributed by atoms with E-state index in [0.717, 1.165) is 27.8 Å². The van der Waals surface area contributed by atoms with Gasteiger partial charge in [0.05, 0.1) is 5.52 Å². The number of rotatable bonds is 1. The number of benzene rings is 1. The van der Waals surface area contributed by atoms with Gasteiger partial charge in [-0.3, -0.25) is 9.78 Å². The summed E-state index contributed by atoms with van der Waals surface area (Å²) in [4.78, 5) is 15.1. The number of hydrogen-bond donors (Lipinski definition) is 1. The summed E-state index contributed by atoms with van der Waals surface area (Å²) >= 11 is 1.11. The number of H-pyrrole nitrogens is 1. The Bertz CT molecular complexity index is 701. The van der Waals surface area contributed by atoms with Crippen LogP contribution >= 0.6 is 11.3 Å². The SMILES string of the molecule is O=c1[nH]nc(-c2ccc3ncccc3c2)s1. The Kier molecular flexibility index (Phi) is 2.04. The fourth-order valence-corrected chi connectivity index (χ4v) is 2.16. The van der Waals surface area contributed by atoms with E-state index in [9.17, 15) is 4.79 Å². The largest absolute Gasteiger partial charge is 0.322 e. The molecule has 0 saturated carbocycles. The quantitative estimate of drug-likeness (QED) is 0.694. The standard InChI is InChI=1S/C11H7N3OS/c15-11-14-13-10(16-11)8-3-4-9-7(6-8)2-1-5-12-9/h1-6H,(H,14,15). The zero-order chi connectivity index (χ0) is 11.0. The van der Waals surface area contributed by atoms with Crippen molar-refractivity contribution >= 4 is 22.2 Å². The van der Waals surface area contributed by atoms with Crippen molar-refractivity contribution in [3.63, 3.8) is 0 Å². The molecule has 2 heterocycles. The van der Waals surface area contributed by atoms with Crippen molar-refractivity contribution in [3.8, 4) is 10.6 Å². The molecule has 1 N–H and O–H groups in total. The molecular formula is C11H7N3OS. The lowest BCUT2D eigenvalue weighted by Crippen LogP contribution is -1.90. The van der Waals surface area contributed by atoms with Crippen molar-refractivity contribution < 1.29 is 0 Å². The lowest BCUT2D eigenvalue weighted by Gasteiger charge is -1.98. The second-order valence-electron chi connectivity index (χ2n) is 3.33. The molecule has 78 valence electrons. The summed E-state index contributed by atoms with van der Waals surface area (Å²) in [5.74, 6) is 0. The van der Waals surface area contributed by atoms with Gasteiger partial charge in [0, 0.05) is 17.1 Å². The van der Waals surface area contributed by atoms with Gasteiger partial charge < -0.3 is 0 Å². The molecule has 0 radical (unpaired) electrons. The Morgan fingerprint density at radius 2 is 2.19 bits per heavy atom. The van der Waals surface area contributed by atoms with E-state index in [4.69, 9.17) is 0 Å². The van der Waals surface area contributed by atoms with E-state index in [-0.39, 0.29) is 4.87 Å². The van der Waals surface area contributed by atoms with E-state index >= 15 is 0 Å². The lowest BCUT2D eigenvalue weighted by molar-refractivity contribution is 1.06. The summed E-state index contributed by atoms with van der Waals surface area (Å²) in [6, 6.07) is 9.70. The van der Waals surface area contributed by atoms with Gasteiger partial charge in [-0.1, -0.05) is 17.4 Å². The average molecular weight is 229 g/mol. The van der Waals surface area contributed by atoms with Crippen molar-refractivity contribution in [2.45, 2.75) is 0 Å². The number of hydrogen-bond acceptors (Lipinski definition) is 4. The van der Waals surface area contributed by atoms with Crippen molar-refractivity contribution in [3.05, 3.63) is 46.2 Å². The van der Waals surface area contributed by atoms with Crippen LogP contribution in [0.1, 0.15) is 0 Å². The highest BCUT2D eigenvalue weighted by atomic mass is 32.1. The van der Waals surface area contributed by atoms with Gasteiger partial charge in [0.25, 0.3) is 0 Å². The third-order valence-electron chi connectivity index (χ3n) is 2.29. The molecular weight excluding hydrogens is 222 g/mol. The van der Waals surface area contributed by atoms with Gasteiger partial charge in [-0.05, 0) is 24.3 Å². The number of aromatic amines is 1. The number of nitrogens with zero attached hydrogens (tertiary/aromatic N) is 2. The van der Waals surface area contributed by atoms with Crippen LogP contribution in [0.5, 0.6) is 0 Å². The highest BCUT2D eigenvalue weighted by molar-refractivity contribution is 7.12. The van der Waals surface area contributed by atoms with Crippen molar-refractivity contribution in [2.24, 2.45) is 0 Å². The maximum Gasteiger partial charge on any atom is 0.322 e. The van der Waals surface area contributed by atoms with Gasteiger partial charge in [-0.2, -0.15) is 5.10 Å². The van der Waals surface area contributed by atoms with Crippen molar-refractivity contribution in [1.82, 2.24) is 15.2 Å². The van der Waals surface area contributed by atoms with Gasteiger partial charge in [0.15, 0.2) is 0 Å². The number of fused-ring (bicyclic) bond motifs is 1. The first-order valence-electron chi connectivity index (χ1n) is 4.73. The summed E-state index contributed by atoms with van der Waals surface area (Å²) in [6.07, 6.45) is 1.76. The van der Waals surface area contributed by atoms with Gasteiger partial charge >= 0.3 is 4.87 Å². The molecule has 16 heavy (non-hydrogen) atoms. The maximum absolute atomic E-state index is 11.0. The van der Waals surface area contributed by atoms with Crippen LogP contribution < -0.4 is 4.87 Å². The second-order valence-corrected chi connectivity index (χ2v) is 4.29. The first-order chi connectivity index (χ1) is 7.83. The molecule has 1 aromatic carbocycles. The predicted molar refractivity (Wildman–Crippen MR) is 63.5 cm³/mol. The second kappa shape index (κ2) is 3.53. The van der Waals surface area contributed by atoms with Crippen LogP contribution in [0.3, 0.4) is 0 Å². The zero-order valence-electron chi connectivity index (χ0n) is 8.18. The fourth-order valence-electron chi connectivity index (χ4n) is 1.56.